The van der Waals surface area contributed by atoms with Crippen molar-refractivity contribution in [2.75, 3.05) is 0 Å². The van der Waals surface area contributed by atoms with Crippen LogP contribution in [0.1, 0.15) is 0 Å². The van der Waals surface area contributed by atoms with Gasteiger partial charge in [-0.05, 0) is 0 Å². The molecule has 5 heteroatoms. The molecule has 0 aromatic rings. The van der Waals surface area contributed by atoms with Gasteiger partial charge in [-0.3, -0.25) is 0 Å². The van der Waals surface area contributed by atoms with E-state index in [0.717, 1.165) is 0 Å². The molecule has 0 rings (SSSR count). The number of carbonyl (C=O) groups is 1. The third-order valence-electron chi connectivity index (χ3n) is 0.109. The van der Waals surface area contributed by atoms with Crippen molar-refractivity contribution in [2.24, 2.45) is 0 Å². The lowest BCUT2D eigenvalue weighted by Crippen LogP contribution is -1.74. The molecule has 3 nitrogen and oxygen atoms in total. The molecule has 0 fully saturated rings. The minimum Gasteiger partial charge on any atom is -0.472 e. The smallest absolute Gasteiger partial charge is 0.377 e. The van der Waals surface area contributed by atoms with Gasteiger partial charge < -0.3 is 9.66 Å². The van der Waals surface area contributed by atoms with Crippen LogP contribution in [-0.2, 0) is 0 Å². The van der Waals surface area contributed by atoms with E-state index in [4.69, 9.17) is 9.66 Å². The molecule has 0 bridgehead atoms. The quantitative estimate of drug-likeness (QED) is 0.412. The molecular weight excluding hydrogens is 124 g/mol. The minimum absolute atomic E-state index is 0.227. The zero-order chi connectivity index (χ0) is 4.99. The lowest BCUT2D eigenvalue weighted by atomic mass is 11.6. The summed E-state index contributed by atoms with van der Waals surface area (Å²) in [7, 11) is 0.375. The zero-order valence-corrected chi connectivity index (χ0v) is 4.25. The molecular formula is CH2O3S2. The first-order valence-corrected chi connectivity index (χ1v) is 3.09. The van der Waals surface area contributed by atoms with E-state index in [2.05, 4.69) is 0 Å². The monoisotopic (exact) mass is 126 g/mol. The predicted molar refractivity (Wildman–Crippen MR) is 25.8 cm³/mol. The molecule has 0 atom stereocenters. The van der Waals surface area contributed by atoms with Crippen molar-refractivity contribution in [3.8, 4) is 0 Å². The van der Waals surface area contributed by atoms with Gasteiger partial charge in [0.15, 0.2) is 0 Å². The van der Waals surface area contributed by atoms with E-state index in [1.54, 1.807) is 0 Å². The standard InChI is InChI=1S/CH2O3S2/c2-1(3)5-6-4/h4H,(H,2,3). The highest BCUT2D eigenvalue weighted by atomic mass is 33.1. The first kappa shape index (κ1) is 6.13. The first-order valence-electron chi connectivity index (χ1n) is 0.981. The van der Waals surface area contributed by atoms with Gasteiger partial charge >= 0.3 is 5.30 Å². The molecule has 0 amide bonds. The molecule has 0 aliphatic carbocycles. The van der Waals surface area contributed by atoms with E-state index in [1.165, 1.54) is 0 Å². The van der Waals surface area contributed by atoms with Crippen LogP contribution >= 0.6 is 21.9 Å². The van der Waals surface area contributed by atoms with E-state index in [1.807, 2.05) is 0 Å². The van der Waals surface area contributed by atoms with Crippen molar-refractivity contribution in [3.05, 3.63) is 0 Å². The van der Waals surface area contributed by atoms with Crippen LogP contribution in [0.2, 0.25) is 0 Å². The van der Waals surface area contributed by atoms with Gasteiger partial charge in [-0.15, -0.1) is 0 Å². The van der Waals surface area contributed by atoms with Crippen molar-refractivity contribution in [2.45, 2.75) is 0 Å². The van der Waals surface area contributed by atoms with Gasteiger partial charge in [0.1, 0.15) is 0 Å². The van der Waals surface area contributed by atoms with Gasteiger partial charge in [-0.1, -0.05) is 0 Å². The zero-order valence-electron chi connectivity index (χ0n) is 2.62. The highest BCUT2D eigenvalue weighted by Crippen LogP contribution is 2.15. The summed E-state index contributed by atoms with van der Waals surface area (Å²) in [6, 6.07) is 0. The summed E-state index contributed by atoms with van der Waals surface area (Å²) >= 11 is 0.227. The van der Waals surface area contributed by atoms with Crippen LogP contribution in [0.25, 0.3) is 0 Å². The van der Waals surface area contributed by atoms with Crippen molar-refractivity contribution >= 4 is 27.2 Å². The van der Waals surface area contributed by atoms with Crippen molar-refractivity contribution in [1.82, 2.24) is 0 Å². The van der Waals surface area contributed by atoms with E-state index < -0.39 is 5.30 Å². The molecule has 0 radical (unpaired) electrons. The van der Waals surface area contributed by atoms with Crippen LogP contribution in [0, 0.1) is 0 Å². The number of hydrogen-bond acceptors (Lipinski definition) is 4. The molecule has 0 aliphatic heterocycles. The lowest BCUT2D eigenvalue weighted by Gasteiger charge is -1.77. The fourth-order valence-corrected chi connectivity index (χ4v) is 0.287. The second kappa shape index (κ2) is 3.32. The minimum atomic E-state index is -1.08. The van der Waals surface area contributed by atoms with Crippen LogP contribution < -0.4 is 0 Å². The topological polar surface area (TPSA) is 57.5 Å². The molecule has 0 aliphatic rings. The number of rotatable bonds is 1. The van der Waals surface area contributed by atoms with Crippen LogP contribution in [0.15, 0.2) is 0 Å². The SMILES string of the molecule is O=C(O)SSO. The van der Waals surface area contributed by atoms with Crippen molar-refractivity contribution in [3.63, 3.8) is 0 Å². The van der Waals surface area contributed by atoms with Gasteiger partial charge in [-0.25, -0.2) is 4.79 Å². The summed E-state index contributed by atoms with van der Waals surface area (Å²) in [6.45, 7) is 0. The number of hydrogen-bond donors (Lipinski definition) is 2. The Balaban J connectivity index is 2.83. The lowest BCUT2D eigenvalue weighted by molar-refractivity contribution is 0.222. The van der Waals surface area contributed by atoms with Gasteiger partial charge in [0, 0.05) is 0 Å². The van der Waals surface area contributed by atoms with Gasteiger partial charge in [0.2, 0.25) is 0 Å². The Morgan fingerprint density at radius 2 is 2.17 bits per heavy atom. The Morgan fingerprint density at radius 1 is 1.67 bits per heavy atom. The fraction of sp³-hybridized carbons (Fsp3) is 0. The summed E-state index contributed by atoms with van der Waals surface area (Å²) in [6.07, 6.45) is 0. The van der Waals surface area contributed by atoms with Gasteiger partial charge in [0.05, 0.1) is 21.9 Å². The Hall–Kier alpha value is 0.130. The largest absolute Gasteiger partial charge is 0.472 e. The molecule has 0 aromatic carbocycles. The van der Waals surface area contributed by atoms with E-state index >= 15 is 0 Å². The normalized spacial score (nSPS) is 8.17. The average molecular weight is 126 g/mol. The highest BCUT2D eigenvalue weighted by molar-refractivity contribution is 8.80. The maximum atomic E-state index is 9.38. The Bertz CT molecular complexity index is 52.8. The first-order chi connectivity index (χ1) is 2.77. The molecule has 6 heavy (non-hydrogen) atoms. The molecule has 0 heterocycles. The molecule has 0 aromatic heterocycles. The van der Waals surface area contributed by atoms with Crippen molar-refractivity contribution < 1.29 is 14.5 Å². The summed E-state index contributed by atoms with van der Waals surface area (Å²) in [5, 5.41) is 6.61. The van der Waals surface area contributed by atoms with E-state index in [0.29, 0.717) is 10.8 Å². The summed E-state index contributed by atoms with van der Waals surface area (Å²) < 4.78 is 7.74. The van der Waals surface area contributed by atoms with Crippen LogP contribution in [0.4, 0.5) is 4.79 Å². The summed E-state index contributed by atoms with van der Waals surface area (Å²) in [5.41, 5.74) is 0. The summed E-state index contributed by atoms with van der Waals surface area (Å²) in [4.78, 5) is 9.38. The Morgan fingerprint density at radius 3 is 2.17 bits per heavy atom. The third-order valence-corrected chi connectivity index (χ3v) is 0.977. The van der Waals surface area contributed by atoms with Crippen LogP contribution in [0.5, 0.6) is 0 Å². The molecule has 2 N–H and O–H groups in total. The second-order valence-electron chi connectivity index (χ2n) is 0.424. The highest BCUT2D eigenvalue weighted by Gasteiger charge is 1.91. The predicted octanol–water partition coefficient (Wildman–Crippen LogP) is 1.52. The number of carboxylic acid groups (broad SMARTS) is 1. The Labute approximate surface area is 42.3 Å². The molecule has 0 unspecified atom stereocenters. The van der Waals surface area contributed by atoms with Crippen LogP contribution in [0.3, 0.4) is 0 Å². The summed E-state index contributed by atoms with van der Waals surface area (Å²) in [5.74, 6) is 0. The Kier molecular flexibility index (Phi) is 3.40. The van der Waals surface area contributed by atoms with Crippen molar-refractivity contribution in [1.29, 1.82) is 0 Å². The van der Waals surface area contributed by atoms with Gasteiger partial charge in [-0.2, -0.15) is 0 Å². The second-order valence-corrected chi connectivity index (χ2v) is 2.04. The molecule has 0 saturated heterocycles. The maximum absolute atomic E-state index is 9.38. The van der Waals surface area contributed by atoms with Gasteiger partial charge in [0.25, 0.3) is 0 Å². The van der Waals surface area contributed by atoms with Crippen LogP contribution in [-0.4, -0.2) is 15.0 Å². The molecule has 0 saturated carbocycles. The molecule has 0 spiro atoms. The average Bonchev–Trinajstić information content (AvgIpc) is 1.35. The fourth-order valence-electron chi connectivity index (χ4n) is 0.0319. The maximum Gasteiger partial charge on any atom is 0.377 e. The molecule has 36 valence electrons. The van der Waals surface area contributed by atoms with E-state index in [9.17, 15) is 4.79 Å². The van der Waals surface area contributed by atoms with E-state index in [-0.39, 0.29) is 11.1 Å². The third kappa shape index (κ3) is 4.13.